The minimum Gasteiger partial charge on any atom is -0.487 e. The number of rotatable bonds is 6. The topological polar surface area (TPSA) is 47.0 Å². The molecule has 2 aromatic heterocycles. The SMILES string of the molecule is CCc1cccnc1CNc1ncccc1OC(C)C. The van der Waals surface area contributed by atoms with Gasteiger partial charge in [0.25, 0.3) is 0 Å². The molecule has 0 bridgehead atoms. The highest BCUT2D eigenvalue weighted by molar-refractivity contribution is 5.49. The van der Waals surface area contributed by atoms with Crippen LogP contribution in [0.2, 0.25) is 0 Å². The van der Waals surface area contributed by atoms with Gasteiger partial charge in [-0.25, -0.2) is 4.98 Å². The zero-order valence-corrected chi connectivity index (χ0v) is 12.3. The average Bonchev–Trinajstić information content (AvgIpc) is 2.46. The molecule has 0 fully saturated rings. The van der Waals surface area contributed by atoms with Gasteiger partial charge < -0.3 is 10.1 Å². The predicted molar refractivity (Wildman–Crippen MR) is 80.9 cm³/mol. The molecule has 2 rings (SSSR count). The van der Waals surface area contributed by atoms with Crippen LogP contribution in [0.15, 0.2) is 36.7 Å². The first-order valence-electron chi connectivity index (χ1n) is 6.99. The molecule has 0 aliphatic heterocycles. The lowest BCUT2D eigenvalue weighted by Gasteiger charge is -2.15. The second-order valence-electron chi connectivity index (χ2n) is 4.83. The maximum Gasteiger partial charge on any atom is 0.169 e. The molecule has 0 amide bonds. The van der Waals surface area contributed by atoms with E-state index >= 15 is 0 Å². The fraction of sp³-hybridized carbons (Fsp3) is 0.375. The highest BCUT2D eigenvalue weighted by Crippen LogP contribution is 2.22. The van der Waals surface area contributed by atoms with Crippen molar-refractivity contribution in [3.63, 3.8) is 0 Å². The van der Waals surface area contributed by atoms with E-state index in [9.17, 15) is 0 Å². The molecule has 2 heterocycles. The van der Waals surface area contributed by atoms with Crippen LogP contribution in [0.5, 0.6) is 5.75 Å². The van der Waals surface area contributed by atoms with E-state index in [0.29, 0.717) is 6.54 Å². The third kappa shape index (κ3) is 3.70. The summed E-state index contributed by atoms with van der Waals surface area (Å²) in [6, 6.07) is 7.87. The zero-order valence-electron chi connectivity index (χ0n) is 12.3. The Kier molecular flexibility index (Phi) is 4.93. The number of nitrogens with zero attached hydrogens (tertiary/aromatic N) is 2. The van der Waals surface area contributed by atoms with Crippen molar-refractivity contribution in [2.45, 2.75) is 39.8 Å². The Balaban J connectivity index is 2.11. The molecule has 0 radical (unpaired) electrons. The maximum atomic E-state index is 5.74. The molecule has 0 unspecified atom stereocenters. The Morgan fingerprint density at radius 3 is 2.65 bits per heavy atom. The van der Waals surface area contributed by atoms with Crippen molar-refractivity contribution < 1.29 is 4.74 Å². The van der Waals surface area contributed by atoms with Crippen molar-refractivity contribution in [3.05, 3.63) is 47.9 Å². The monoisotopic (exact) mass is 271 g/mol. The fourth-order valence-corrected chi connectivity index (χ4v) is 1.99. The number of aryl methyl sites for hydroxylation is 1. The van der Waals surface area contributed by atoms with Gasteiger partial charge in [0.15, 0.2) is 11.6 Å². The molecular weight excluding hydrogens is 250 g/mol. The second kappa shape index (κ2) is 6.89. The first kappa shape index (κ1) is 14.3. The Labute approximate surface area is 120 Å². The van der Waals surface area contributed by atoms with E-state index in [2.05, 4.69) is 28.3 Å². The Bertz CT molecular complexity index is 555. The lowest BCUT2D eigenvalue weighted by molar-refractivity contribution is 0.243. The molecule has 4 heteroatoms. The second-order valence-corrected chi connectivity index (χ2v) is 4.83. The highest BCUT2D eigenvalue weighted by Gasteiger charge is 2.07. The van der Waals surface area contributed by atoms with Crippen molar-refractivity contribution in [3.8, 4) is 5.75 Å². The van der Waals surface area contributed by atoms with Crippen molar-refractivity contribution >= 4 is 5.82 Å². The molecule has 0 atom stereocenters. The standard InChI is InChI=1S/C16H21N3O/c1-4-13-7-5-9-17-14(13)11-19-16-15(20-12(2)3)8-6-10-18-16/h5-10,12H,4,11H2,1-3H3,(H,18,19). The molecule has 0 aromatic carbocycles. The van der Waals surface area contributed by atoms with Gasteiger partial charge in [0.1, 0.15) is 0 Å². The first-order valence-corrected chi connectivity index (χ1v) is 6.99. The van der Waals surface area contributed by atoms with E-state index in [0.717, 1.165) is 23.7 Å². The number of nitrogens with one attached hydrogen (secondary N) is 1. The van der Waals surface area contributed by atoms with Gasteiger partial charge in [-0.05, 0) is 44.0 Å². The van der Waals surface area contributed by atoms with Crippen LogP contribution < -0.4 is 10.1 Å². The van der Waals surface area contributed by atoms with Crippen LogP contribution in [-0.2, 0) is 13.0 Å². The summed E-state index contributed by atoms with van der Waals surface area (Å²) in [6.45, 7) is 6.79. The molecule has 0 aliphatic carbocycles. The van der Waals surface area contributed by atoms with Crippen LogP contribution in [0.4, 0.5) is 5.82 Å². The largest absolute Gasteiger partial charge is 0.487 e. The highest BCUT2D eigenvalue weighted by atomic mass is 16.5. The van der Waals surface area contributed by atoms with Crippen LogP contribution in [0.25, 0.3) is 0 Å². The molecule has 0 aliphatic rings. The summed E-state index contributed by atoms with van der Waals surface area (Å²) in [6.07, 6.45) is 4.68. The number of pyridine rings is 2. The minimum atomic E-state index is 0.126. The Hall–Kier alpha value is -2.10. The van der Waals surface area contributed by atoms with E-state index in [1.54, 1.807) is 6.20 Å². The third-order valence-corrected chi connectivity index (χ3v) is 2.92. The lowest BCUT2D eigenvalue weighted by atomic mass is 10.1. The normalized spacial score (nSPS) is 10.6. The van der Waals surface area contributed by atoms with Crippen LogP contribution in [0, 0.1) is 0 Å². The summed E-state index contributed by atoms with van der Waals surface area (Å²) < 4.78 is 5.74. The van der Waals surface area contributed by atoms with E-state index in [4.69, 9.17) is 4.74 Å². The predicted octanol–water partition coefficient (Wildman–Crippen LogP) is 3.44. The quantitative estimate of drug-likeness (QED) is 0.874. The van der Waals surface area contributed by atoms with E-state index in [1.807, 2.05) is 38.2 Å². The van der Waals surface area contributed by atoms with Gasteiger partial charge in [0.05, 0.1) is 18.3 Å². The molecule has 20 heavy (non-hydrogen) atoms. The smallest absolute Gasteiger partial charge is 0.169 e. The fourth-order valence-electron chi connectivity index (χ4n) is 1.99. The molecule has 4 nitrogen and oxygen atoms in total. The van der Waals surface area contributed by atoms with Gasteiger partial charge in [-0.2, -0.15) is 0 Å². The molecule has 0 saturated heterocycles. The Morgan fingerprint density at radius 2 is 1.90 bits per heavy atom. The van der Waals surface area contributed by atoms with Gasteiger partial charge in [-0.3, -0.25) is 4.98 Å². The summed E-state index contributed by atoms with van der Waals surface area (Å²) in [5, 5.41) is 3.31. The number of ether oxygens (including phenoxy) is 1. The molecule has 0 spiro atoms. The van der Waals surface area contributed by atoms with Gasteiger partial charge in [-0.1, -0.05) is 13.0 Å². The molecule has 106 valence electrons. The number of hydrogen-bond acceptors (Lipinski definition) is 4. The number of hydrogen-bond donors (Lipinski definition) is 1. The summed E-state index contributed by atoms with van der Waals surface area (Å²) in [7, 11) is 0. The van der Waals surface area contributed by atoms with Crippen LogP contribution >= 0.6 is 0 Å². The zero-order chi connectivity index (χ0) is 14.4. The van der Waals surface area contributed by atoms with E-state index in [-0.39, 0.29) is 6.10 Å². The Morgan fingerprint density at radius 1 is 1.15 bits per heavy atom. The summed E-state index contributed by atoms with van der Waals surface area (Å²) in [5.74, 6) is 1.53. The maximum absolute atomic E-state index is 5.74. The van der Waals surface area contributed by atoms with Crippen molar-refractivity contribution in [2.75, 3.05) is 5.32 Å². The average molecular weight is 271 g/mol. The van der Waals surface area contributed by atoms with E-state index < -0.39 is 0 Å². The molecule has 0 saturated carbocycles. The van der Waals surface area contributed by atoms with Gasteiger partial charge in [-0.15, -0.1) is 0 Å². The van der Waals surface area contributed by atoms with Crippen LogP contribution in [0.3, 0.4) is 0 Å². The lowest BCUT2D eigenvalue weighted by Crippen LogP contribution is -2.11. The first-order chi connectivity index (χ1) is 9.70. The summed E-state index contributed by atoms with van der Waals surface area (Å²) >= 11 is 0. The minimum absolute atomic E-state index is 0.126. The number of anilines is 1. The molecule has 2 aromatic rings. The molecular formula is C16H21N3O. The third-order valence-electron chi connectivity index (χ3n) is 2.92. The number of aromatic nitrogens is 2. The van der Waals surface area contributed by atoms with Gasteiger partial charge >= 0.3 is 0 Å². The van der Waals surface area contributed by atoms with Crippen LogP contribution in [-0.4, -0.2) is 16.1 Å². The molecule has 1 N–H and O–H groups in total. The summed E-state index contributed by atoms with van der Waals surface area (Å²) in [5.41, 5.74) is 2.30. The van der Waals surface area contributed by atoms with E-state index in [1.165, 1.54) is 5.56 Å². The van der Waals surface area contributed by atoms with Crippen molar-refractivity contribution in [1.82, 2.24) is 9.97 Å². The van der Waals surface area contributed by atoms with Crippen molar-refractivity contribution in [2.24, 2.45) is 0 Å². The van der Waals surface area contributed by atoms with Crippen molar-refractivity contribution in [1.29, 1.82) is 0 Å². The summed E-state index contributed by atoms with van der Waals surface area (Å²) in [4.78, 5) is 8.76. The van der Waals surface area contributed by atoms with Gasteiger partial charge in [0.2, 0.25) is 0 Å². The van der Waals surface area contributed by atoms with Crippen LogP contribution in [0.1, 0.15) is 32.0 Å². The van der Waals surface area contributed by atoms with Gasteiger partial charge in [0, 0.05) is 12.4 Å².